The Labute approximate surface area is 119 Å². The third-order valence-corrected chi connectivity index (χ3v) is 3.34. The molecule has 0 atom stereocenters. The number of hydrogen-bond acceptors (Lipinski definition) is 3. The van der Waals surface area contributed by atoms with Crippen LogP contribution in [0.2, 0.25) is 0 Å². The van der Waals surface area contributed by atoms with Gasteiger partial charge < -0.3 is 9.67 Å². The first-order valence-electron chi connectivity index (χ1n) is 6.01. The molecule has 4 nitrogen and oxygen atoms in total. The topological polar surface area (TPSA) is 50.9 Å². The summed E-state index contributed by atoms with van der Waals surface area (Å²) in [6.07, 6.45) is 0. The van der Waals surface area contributed by atoms with Crippen LogP contribution in [-0.4, -0.2) is 19.9 Å². The van der Waals surface area contributed by atoms with Crippen molar-refractivity contribution in [2.75, 3.05) is 0 Å². The van der Waals surface area contributed by atoms with Gasteiger partial charge in [-0.1, -0.05) is 13.8 Å². The monoisotopic (exact) mass is 327 g/mol. The van der Waals surface area contributed by atoms with Gasteiger partial charge in [0, 0.05) is 12.1 Å². The number of aliphatic hydroxyl groups excluding tert-OH is 1. The van der Waals surface area contributed by atoms with Gasteiger partial charge >= 0.3 is 0 Å². The van der Waals surface area contributed by atoms with E-state index < -0.39 is 0 Å². The minimum Gasteiger partial charge on any atom is -0.388 e. The number of hydrogen-bond donors (Lipinski definition) is 1. The molecule has 1 heterocycles. The molecule has 0 aliphatic rings. The molecule has 0 aliphatic heterocycles. The second-order valence-corrected chi connectivity index (χ2v) is 5.59. The number of nitrogens with zero attached hydrogens (tertiary/aromatic N) is 3. The van der Waals surface area contributed by atoms with E-state index in [0.29, 0.717) is 34.1 Å². The molecule has 0 saturated carbocycles. The first kappa shape index (κ1) is 14.1. The predicted octanol–water partition coefficient (Wildman–Crippen LogP) is 3.00. The van der Waals surface area contributed by atoms with E-state index in [9.17, 15) is 9.50 Å². The lowest BCUT2D eigenvalue weighted by Gasteiger charge is -2.12. The van der Waals surface area contributed by atoms with Crippen molar-refractivity contribution in [3.8, 4) is 11.4 Å². The summed E-state index contributed by atoms with van der Waals surface area (Å²) < 4.78 is 15.8. The van der Waals surface area contributed by atoms with E-state index in [1.807, 2.05) is 4.57 Å². The van der Waals surface area contributed by atoms with Crippen LogP contribution in [0, 0.1) is 11.7 Å². The molecule has 19 heavy (non-hydrogen) atoms. The molecule has 0 amide bonds. The first-order chi connectivity index (χ1) is 9.02. The molecule has 2 rings (SSSR count). The zero-order valence-electron chi connectivity index (χ0n) is 10.8. The summed E-state index contributed by atoms with van der Waals surface area (Å²) in [6, 6.07) is 4.82. The van der Waals surface area contributed by atoms with E-state index in [0.717, 1.165) is 0 Å². The quantitative estimate of drug-likeness (QED) is 0.939. The summed E-state index contributed by atoms with van der Waals surface area (Å²) >= 11 is 3.12. The highest BCUT2D eigenvalue weighted by Gasteiger charge is 2.15. The molecule has 0 saturated heterocycles. The van der Waals surface area contributed by atoms with Gasteiger partial charge in [-0.3, -0.25) is 0 Å². The standard InChI is InChI=1S/C13H15BrFN3O/c1-8(2)6-18-12(7-19)16-17-13(18)9-3-4-10(14)11(15)5-9/h3-5,8,19H,6-7H2,1-2H3. The highest BCUT2D eigenvalue weighted by molar-refractivity contribution is 9.10. The normalized spacial score (nSPS) is 11.3. The largest absolute Gasteiger partial charge is 0.388 e. The molecule has 1 aromatic heterocycles. The maximum atomic E-state index is 13.6. The number of rotatable bonds is 4. The third-order valence-electron chi connectivity index (χ3n) is 2.69. The Kier molecular flexibility index (Phi) is 4.31. The Hall–Kier alpha value is -1.27. The lowest BCUT2D eigenvalue weighted by atomic mass is 10.2. The van der Waals surface area contributed by atoms with E-state index in [4.69, 9.17) is 0 Å². The average Bonchev–Trinajstić information content (AvgIpc) is 2.75. The number of halogens is 2. The van der Waals surface area contributed by atoms with Gasteiger partial charge in [-0.15, -0.1) is 10.2 Å². The average molecular weight is 328 g/mol. The van der Waals surface area contributed by atoms with Gasteiger partial charge in [-0.25, -0.2) is 4.39 Å². The number of aliphatic hydroxyl groups is 1. The predicted molar refractivity (Wildman–Crippen MR) is 73.9 cm³/mol. The van der Waals surface area contributed by atoms with E-state index in [2.05, 4.69) is 40.0 Å². The van der Waals surface area contributed by atoms with Crippen LogP contribution in [0.5, 0.6) is 0 Å². The highest BCUT2D eigenvalue weighted by atomic mass is 79.9. The summed E-state index contributed by atoms with van der Waals surface area (Å²) in [5, 5.41) is 17.3. The summed E-state index contributed by atoms with van der Waals surface area (Å²) in [4.78, 5) is 0. The smallest absolute Gasteiger partial charge is 0.164 e. The Balaban J connectivity index is 2.48. The second kappa shape index (κ2) is 5.79. The van der Waals surface area contributed by atoms with Crippen LogP contribution in [0.4, 0.5) is 4.39 Å². The lowest BCUT2D eigenvalue weighted by Crippen LogP contribution is -2.10. The first-order valence-corrected chi connectivity index (χ1v) is 6.80. The molecule has 0 aliphatic carbocycles. The van der Waals surface area contributed by atoms with Crippen LogP contribution < -0.4 is 0 Å². The van der Waals surface area contributed by atoms with Gasteiger partial charge in [0.15, 0.2) is 11.6 Å². The van der Waals surface area contributed by atoms with Crippen LogP contribution >= 0.6 is 15.9 Å². The Morgan fingerprint density at radius 3 is 2.68 bits per heavy atom. The van der Waals surface area contributed by atoms with Crippen molar-refractivity contribution < 1.29 is 9.50 Å². The van der Waals surface area contributed by atoms with E-state index >= 15 is 0 Å². The van der Waals surface area contributed by atoms with E-state index in [1.54, 1.807) is 12.1 Å². The van der Waals surface area contributed by atoms with Crippen LogP contribution in [0.1, 0.15) is 19.7 Å². The van der Waals surface area contributed by atoms with Crippen molar-refractivity contribution in [3.05, 3.63) is 34.3 Å². The molecule has 0 fully saturated rings. The van der Waals surface area contributed by atoms with E-state index in [-0.39, 0.29) is 12.4 Å². The van der Waals surface area contributed by atoms with E-state index in [1.165, 1.54) is 6.07 Å². The van der Waals surface area contributed by atoms with Gasteiger partial charge in [0.2, 0.25) is 0 Å². The van der Waals surface area contributed by atoms with Crippen molar-refractivity contribution in [1.82, 2.24) is 14.8 Å². The lowest BCUT2D eigenvalue weighted by molar-refractivity contribution is 0.262. The van der Waals surface area contributed by atoms with Gasteiger partial charge in [0.25, 0.3) is 0 Å². The minimum atomic E-state index is -0.345. The van der Waals surface area contributed by atoms with Crippen molar-refractivity contribution in [3.63, 3.8) is 0 Å². The zero-order chi connectivity index (χ0) is 14.0. The summed E-state index contributed by atoms with van der Waals surface area (Å²) in [5.41, 5.74) is 0.647. The summed E-state index contributed by atoms with van der Waals surface area (Å²) in [7, 11) is 0. The van der Waals surface area contributed by atoms with Gasteiger partial charge in [0.1, 0.15) is 12.4 Å². The minimum absolute atomic E-state index is 0.182. The third kappa shape index (κ3) is 3.01. The Bertz CT molecular complexity index is 583. The molecule has 0 bridgehead atoms. The summed E-state index contributed by atoms with van der Waals surface area (Å²) in [5.74, 6) is 1.10. The molecule has 2 aromatic rings. The SMILES string of the molecule is CC(C)Cn1c(CO)nnc1-c1ccc(Br)c(F)c1. The molecule has 0 spiro atoms. The molecule has 1 aromatic carbocycles. The van der Waals surface area contributed by atoms with Crippen molar-refractivity contribution >= 4 is 15.9 Å². The highest BCUT2D eigenvalue weighted by Crippen LogP contribution is 2.24. The number of aromatic nitrogens is 3. The maximum absolute atomic E-state index is 13.6. The Morgan fingerprint density at radius 2 is 2.11 bits per heavy atom. The maximum Gasteiger partial charge on any atom is 0.164 e. The fourth-order valence-electron chi connectivity index (χ4n) is 1.86. The zero-order valence-corrected chi connectivity index (χ0v) is 12.4. The Morgan fingerprint density at radius 1 is 1.37 bits per heavy atom. The van der Waals surface area contributed by atoms with Crippen molar-refractivity contribution in [2.45, 2.75) is 27.0 Å². The van der Waals surface area contributed by atoms with Gasteiger partial charge in [-0.2, -0.15) is 0 Å². The molecule has 102 valence electrons. The second-order valence-electron chi connectivity index (χ2n) is 4.73. The fourth-order valence-corrected chi connectivity index (χ4v) is 2.10. The van der Waals surface area contributed by atoms with Crippen LogP contribution in [-0.2, 0) is 13.2 Å². The molecule has 0 unspecified atom stereocenters. The van der Waals surface area contributed by atoms with Gasteiger partial charge in [-0.05, 0) is 40.0 Å². The van der Waals surface area contributed by atoms with Crippen LogP contribution in [0.15, 0.2) is 22.7 Å². The fraction of sp³-hybridized carbons (Fsp3) is 0.385. The summed E-state index contributed by atoms with van der Waals surface area (Å²) in [6.45, 7) is 4.62. The molecule has 0 radical (unpaired) electrons. The molecular formula is C13H15BrFN3O. The van der Waals surface area contributed by atoms with Crippen molar-refractivity contribution in [2.24, 2.45) is 5.92 Å². The van der Waals surface area contributed by atoms with Crippen LogP contribution in [0.3, 0.4) is 0 Å². The molecular weight excluding hydrogens is 313 g/mol. The molecule has 6 heteroatoms. The number of benzene rings is 1. The van der Waals surface area contributed by atoms with Crippen molar-refractivity contribution in [1.29, 1.82) is 0 Å². The molecule has 1 N–H and O–H groups in total. The van der Waals surface area contributed by atoms with Crippen LogP contribution in [0.25, 0.3) is 11.4 Å². The van der Waals surface area contributed by atoms with Gasteiger partial charge in [0.05, 0.1) is 4.47 Å².